The molecule has 0 spiro atoms. The number of nitro groups is 1. The number of anilines is 1. The molecule has 1 amide bonds. The molecular formula is C13H14N4O3. The summed E-state index contributed by atoms with van der Waals surface area (Å²) < 4.78 is 1.37. The molecule has 7 nitrogen and oxygen atoms in total. The van der Waals surface area contributed by atoms with E-state index in [9.17, 15) is 14.9 Å². The molecule has 1 N–H and O–H groups in total. The third-order valence-electron chi connectivity index (χ3n) is 2.80. The van der Waals surface area contributed by atoms with Gasteiger partial charge >= 0.3 is 5.82 Å². The first-order valence-corrected chi connectivity index (χ1v) is 5.99. The molecule has 0 saturated heterocycles. The maximum absolute atomic E-state index is 11.9. The number of amides is 1. The van der Waals surface area contributed by atoms with Crippen LogP contribution in [0, 0.1) is 24.0 Å². The fraction of sp³-hybridized carbons (Fsp3) is 0.231. The average Bonchev–Trinajstić information content (AvgIpc) is 2.82. The molecule has 1 aromatic carbocycles. The number of nitrogens with one attached hydrogen (secondary N) is 1. The number of hydrogen-bond acceptors (Lipinski definition) is 4. The standard InChI is InChI=1S/C13H14N4O3/c1-9-3-4-10(2)11(5-9)15-13(18)7-16-6-12(14-8-16)17(19)20/h3-6,8H,7H2,1-2H3,(H,15,18). The molecule has 104 valence electrons. The number of benzene rings is 1. The van der Waals surface area contributed by atoms with Gasteiger partial charge in [-0.2, -0.15) is 0 Å². The summed E-state index contributed by atoms with van der Waals surface area (Å²) in [6, 6.07) is 5.76. The van der Waals surface area contributed by atoms with Crippen molar-refractivity contribution in [1.82, 2.24) is 9.55 Å². The summed E-state index contributed by atoms with van der Waals surface area (Å²) in [5.41, 5.74) is 2.74. The van der Waals surface area contributed by atoms with Gasteiger partial charge in [-0.3, -0.25) is 4.79 Å². The van der Waals surface area contributed by atoms with Gasteiger partial charge in [0.15, 0.2) is 0 Å². The van der Waals surface area contributed by atoms with E-state index in [4.69, 9.17) is 0 Å². The van der Waals surface area contributed by atoms with Crippen molar-refractivity contribution in [2.24, 2.45) is 0 Å². The molecule has 2 rings (SSSR count). The number of aryl methyl sites for hydroxylation is 2. The van der Waals surface area contributed by atoms with Gasteiger partial charge in [-0.05, 0) is 40.9 Å². The molecule has 0 fully saturated rings. The van der Waals surface area contributed by atoms with Gasteiger partial charge in [0.1, 0.15) is 12.7 Å². The Hall–Kier alpha value is -2.70. The van der Waals surface area contributed by atoms with Crippen LogP contribution in [0.15, 0.2) is 30.7 Å². The molecule has 7 heteroatoms. The van der Waals surface area contributed by atoms with Crippen LogP contribution in [0.3, 0.4) is 0 Å². The van der Waals surface area contributed by atoms with Gasteiger partial charge in [0.05, 0.1) is 0 Å². The van der Waals surface area contributed by atoms with Crippen LogP contribution < -0.4 is 5.32 Å². The van der Waals surface area contributed by atoms with Crippen molar-refractivity contribution in [3.05, 3.63) is 52.0 Å². The lowest BCUT2D eigenvalue weighted by molar-refractivity contribution is -0.389. The van der Waals surface area contributed by atoms with Crippen LogP contribution >= 0.6 is 0 Å². The van der Waals surface area contributed by atoms with Gasteiger partial charge in [-0.25, -0.2) is 0 Å². The van der Waals surface area contributed by atoms with E-state index in [0.29, 0.717) is 0 Å². The minimum absolute atomic E-state index is 0.0196. The Labute approximate surface area is 115 Å². The lowest BCUT2D eigenvalue weighted by Crippen LogP contribution is -2.18. The molecule has 1 heterocycles. The Morgan fingerprint density at radius 2 is 2.20 bits per heavy atom. The lowest BCUT2D eigenvalue weighted by atomic mass is 10.1. The number of aromatic nitrogens is 2. The first-order valence-electron chi connectivity index (χ1n) is 5.99. The van der Waals surface area contributed by atoms with E-state index < -0.39 is 4.92 Å². The average molecular weight is 274 g/mol. The van der Waals surface area contributed by atoms with Crippen molar-refractivity contribution >= 4 is 17.4 Å². The number of carbonyl (C=O) groups excluding carboxylic acids is 1. The molecular weight excluding hydrogens is 260 g/mol. The van der Waals surface area contributed by atoms with Gasteiger partial charge in [0.2, 0.25) is 12.2 Å². The Balaban J connectivity index is 2.05. The number of hydrogen-bond donors (Lipinski definition) is 1. The topological polar surface area (TPSA) is 90.1 Å². The van der Waals surface area contributed by atoms with Crippen LogP contribution in [0.5, 0.6) is 0 Å². The molecule has 0 bridgehead atoms. The van der Waals surface area contributed by atoms with Crippen LogP contribution in [-0.2, 0) is 11.3 Å². The summed E-state index contributed by atoms with van der Waals surface area (Å²) in [4.78, 5) is 25.4. The highest BCUT2D eigenvalue weighted by atomic mass is 16.6. The Kier molecular flexibility index (Phi) is 3.79. The quantitative estimate of drug-likeness (QED) is 0.682. The SMILES string of the molecule is Cc1ccc(C)c(NC(=O)Cn2cnc([N+](=O)[O-])c2)c1. The minimum Gasteiger partial charge on any atom is -0.358 e. The third kappa shape index (κ3) is 3.19. The van der Waals surface area contributed by atoms with Crippen LogP contribution in [0.1, 0.15) is 11.1 Å². The molecule has 0 unspecified atom stereocenters. The summed E-state index contributed by atoms with van der Waals surface area (Å²) in [5, 5.41) is 13.3. The molecule has 0 aliphatic rings. The highest BCUT2D eigenvalue weighted by molar-refractivity contribution is 5.91. The maximum atomic E-state index is 11.9. The van der Waals surface area contributed by atoms with Crippen molar-refractivity contribution in [2.75, 3.05) is 5.32 Å². The first-order chi connectivity index (χ1) is 9.45. The minimum atomic E-state index is -0.598. The smallest absolute Gasteiger partial charge is 0.358 e. The number of rotatable bonds is 4. The van der Waals surface area contributed by atoms with E-state index in [1.165, 1.54) is 17.1 Å². The zero-order valence-corrected chi connectivity index (χ0v) is 11.2. The van der Waals surface area contributed by atoms with E-state index in [1.807, 2.05) is 32.0 Å². The van der Waals surface area contributed by atoms with Crippen LogP contribution in [0.2, 0.25) is 0 Å². The monoisotopic (exact) mass is 274 g/mol. The predicted molar refractivity (Wildman–Crippen MR) is 73.4 cm³/mol. The summed E-state index contributed by atoms with van der Waals surface area (Å²) in [7, 11) is 0. The molecule has 2 aromatic rings. The van der Waals surface area contributed by atoms with Crippen molar-refractivity contribution in [3.8, 4) is 0 Å². The second kappa shape index (κ2) is 5.52. The van der Waals surface area contributed by atoms with Crippen molar-refractivity contribution in [2.45, 2.75) is 20.4 Å². The van der Waals surface area contributed by atoms with Crippen LogP contribution in [0.25, 0.3) is 0 Å². The molecule has 0 atom stereocenters. The van der Waals surface area contributed by atoms with E-state index in [0.717, 1.165) is 16.8 Å². The maximum Gasteiger partial charge on any atom is 0.381 e. The number of imidazole rings is 1. The van der Waals surface area contributed by atoms with Crippen molar-refractivity contribution < 1.29 is 9.72 Å². The van der Waals surface area contributed by atoms with Gasteiger partial charge in [0.25, 0.3) is 0 Å². The van der Waals surface area contributed by atoms with Crippen LogP contribution in [0.4, 0.5) is 11.5 Å². The summed E-state index contributed by atoms with van der Waals surface area (Å²) in [6.45, 7) is 3.82. The first kappa shape index (κ1) is 13.7. The highest BCUT2D eigenvalue weighted by Gasteiger charge is 2.12. The fourth-order valence-corrected chi connectivity index (χ4v) is 1.76. The predicted octanol–water partition coefficient (Wildman–Crippen LogP) is 2.05. The molecule has 0 radical (unpaired) electrons. The Morgan fingerprint density at radius 3 is 2.85 bits per heavy atom. The zero-order chi connectivity index (χ0) is 14.7. The second-order valence-electron chi connectivity index (χ2n) is 4.53. The van der Waals surface area contributed by atoms with Crippen molar-refractivity contribution in [1.29, 1.82) is 0 Å². The van der Waals surface area contributed by atoms with E-state index in [1.54, 1.807) is 0 Å². The molecule has 0 aliphatic heterocycles. The Bertz CT molecular complexity index is 663. The number of carbonyl (C=O) groups is 1. The summed E-state index contributed by atoms with van der Waals surface area (Å²) >= 11 is 0. The van der Waals surface area contributed by atoms with Gasteiger partial charge in [0, 0.05) is 5.69 Å². The normalized spacial score (nSPS) is 10.3. The zero-order valence-electron chi connectivity index (χ0n) is 11.2. The summed E-state index contributed by atoms with van der Waals surface area (Å²) in [6.07, 6.45) is 2.49. The van der Waals surface area contributed by atoms with Crippen LogP contribution in [-0.4, -0.2) is 20.4 Å². The molecule has 20 heavy (non-hydrogen) atoms. The molecule has 0 saturated carbocycles. The number of nitrogens with zero attached hydrogens (tertiary/aromatic N) is 3. The molecule has 1 aromatic heterocycles. The summed E-state index contributed by atoms with van der Waals surface area (Å²) in [5.74, 6) is -0.532. The highest BCUT2D eigenvalue weighted by Crippen LogP contribution is 2.16. The van der Waals surface area contributed by atoms with Gasteiger partial charge < -0.3 is 20.0 Å². The fourth-order valence-electron chi connectivity index (χ4n) is 1.76. The largest absolute Gasteiger partial charge is 0.381 e. The third-order valence-corrected chi connectivity index (χ3v) is 2.80. The Morgan fingerprint density at radius 1 is 1.45 bits per heavy atom. The van der Waals surface area contributed by atoms with Gasteiger partial charge in [-0.15, -0.1) is 0 Å². The van der Waals surface area contributed by atoms with Crippen molar-refractivity contribution in [3.63, 3.8) is 0 Å². The van der Waals surface area contributed by atoms with E-state index in [2.05, 4.69) is 10.3 Å². The van der Waals surface area contributed by atoms with E-state index in [-0.39, 0.29) is 18.3 Å². The van der Waals surface area contributed by atoms with Gasteiger partial charge in [-0.1, -0.05) is 12.1 Å². The lowest BCUT2D eigenvalue weighted by Gasteiger charge is -2.09. The molecule has 0 aliphatic carbocycles. The second-order valence-corrected chi connectivity index (χ2v) is 4.53. The van der Waals surface area contributed by atoms with E-state index >= 15 is 0 Å².